The Bertz CT molecular complexity index is 678. The highest BCUT2D eigenvalue weighted by Gasteiger charge is 2.54. The Hall–Kier alpha value is -1.88. The first-order chi connectivity index (χ1) is 13.6. The van der Waals surface area contributed by atoms with Gasteiger partial charge >= 0.3 is 0 Å². The molecule has 0 heterocycles. The molecule has 152 valence electrons. The first-order valence-electron chi connectivity index (χ1n) is 10.9. The van der Waals surface area contributed by atoms with Crippen LogP contribution in [0.1, 0.15) is 67.3 Å². The zero-order valence-corrected chi connectivity index (χ0v) is 16.7. The fourth-order valence-corrected chi connectivity index (χ4v) is 6.11. The quantitative estimate of drug-likeness (QED) is 0.604. The Morgan fingerprint density at radius 3 is 2.11 bits per heavy atom. The van der Waals surface area contributed by atoms with E-state index in [0.29, 0.717) is 25.2 Å². The monoisotopic (exact) mass is 383 g/mol. The van der Waals surface area contributed by atoms with E-state index in [1.54, 1.807) is 0 Å². The van der Waals surface area contributed by atoms with Crippen molar-refractivity contribution in [1.82, 2.24) is 10.6 Å². The van der Waals surface area contributed by atoms with E-state index in [4.69, 9.17) is 5.73 Å². The van der Waals surface area contributed by atoms with E-state index in [-0.39, 0.29) is 17.2 Å². The molecule has 2 amide bonds. The third-order valence-electron chi connectivity index (χ3n) is 7.11. The molecule has 28 heavy (non-hydrogen) atoms. The molecule has 0 radical (unpaired) electrons. The van der Waals surface area contributed by atoms with Gasteiger partial charge in [0.1, 0.15) is 0 Å². The number of nitrogens with two attached hydrogens (primary N) is 1. The van der Waals surface area contributed by atoms with Crippen LogP contribution in [-0.4, -0.2) is 24.9 Å². The summed E-state index contributed by atoms with van der Waals surface area (Å²) in [6, 6.07) is 7.55. The summed E-state index contributed by atoms with van der Waals surface area (Å²) in [7, 11) is 0. The standard InChI is InChI=1S/C23H33N3O2/c24-7-1-2-8-25-21(27)20-5-3-16(4-6-20)15-26-22(28)23-12-17-9-18(13-23)11-19(10-17)14-23/h3-6,17-19H,1-2,7-15,24H2,(H,25,27)(H,26,28). The summed E-state index contributed by atoms with van der Waals surface area (Å²) >= 11 is 0. The van der Waals surface area contributed by atoms with Crippen molar-refractivity contribution in [1.29, 1.82) is 0 Å². The Balaban J connectivity index is 1.28. The zero-order valence-electron chi connectivity index (χ0n) is 16.7. The van der Waals surface area contributed by atoms with Gasteiger partial charge in [0.15, 0.2) is 0 Å². The highest BCUT2D eigenvalue weighted by molar-refractivity contribution is 5.94. The molecular formula is C23H33N3O2. The average molecular weight is 384 g/mol. The minimum atomic E-state index is -0.0991. The molecule has 0 spiro atoms. The molecular weight excluding hydrogens is 350 g/mol. The summed E-state index contributed by atoms with van der Waals surface area (Å²) < 4.78 is 0. The van der Waals surface area contributed by atoms with E-state index < -0.39 is 0 Å². The van der Waals surface area contributed by atoms with Crippen molar-refractivity contribution in [2.45, 2.75) is 57.9 Å². The molecule has 5 rings (SSSR count). The Kier molecular flexibility index (Phi) is 5.72. The minimum absolute atomic E-state index is 0.0545. The predicted molar refractivity (Wildman–Crippen MR) is 110 cm³/mol. The highest BCUT2D eigenvalue weighted by atomic mass is 16.2. The maximum atomic E-state index is 13.0. The van der Waals surface area contributed by atoms with E-state index in [2.05, 4.69) is 10.6 Å². The lowest BCUT2D eigenvalue weighted by atomic mass is 9.49. The van der Waals surface area contributed by atoms with Gasteiger partial charge in [-0.1, -0.05) is 12.1 Å². The first kappa shape index (κ1) is 19.4. The van der Waals surface area contributed by atoms with Gasteiger partial charge in [0.05, 0.1) is 0 Å². The molecule has 1 aromatic carbocycles. The van der Waals surface area contributed by atoms with Crippen LogP contribution in [0, 0.1) is 23.2 Å². The van der Waals surface area contributed by atoms with Crippen molar-refractivity contribution in [3.05, 3.63) is 35.4 Å². The molecule has 1 aromatic rings. The molecule has 4 aliphatic carbocycles. The Labute approximate surface area is 167 Å². The summed E-state index contributed by atoms with van der Waals surface area (Å²) in [5, 5.41) is 6.12. The van der Waals surface area contributed by atoms with Gasteiger partial charge in [-0.3, -0.25) is 9.59 Å². The zero-order chi connectivity index (χ0) is 19.6. The number of hydrogen-bond donors (Lipinski definition) is 3. The smallest absolute Gasteiger partial charge is 0.251 e. The Morgan fingerprint density at radius 1 is 0.929 bits per heavy atom. The molecule has 4 aliphatic rings. The molecule has 5 nitrogen and oxygen atoms in total. The number of carbonyl (C=O) groups excluding carboxylic acids is 2. The van der Waals surface area contributed by atoms with Crippen LogP contribution in [0.2, 0.25) is 0 Å². The van der Waals surface area contributed by atoms with Crippen LogP contribution in [0.4, 0.5) is 0 Å². The van der Waals surface area contributed by atoms with Crippen LogP contribution < -0.4 is 16.4 Å². The number of carbonyl (C=O) groups is 2. The van der Waals surface area contributed by atoms with Gasteiger partial charge < -0.3 is 16.4 Å². The van der Waals surface area contributed by atoms with Gasteiger partial charge in [-0.15, -0.1) is 0 Å². The summed E-state index contributed by atoms with van der Waals surface area (Å²) in [5.41, 5.74) is 7.06. The molecule has 4 bridgehead atoms. The van der Waals surface area contributed by atoms with E-state index in [0.717, 1.165) is 55.4 Å². The molecule has 4 fully saturated rings. The number of rotatable bonds is 8. The van der Waals surface area contributed by atoms with E-state index in [1.807, 2.05) is 24.3 Å². The van der Waals surface area contributed by atoms with E-state index in [9.17, 15) is 9.59 Å². The SMILES string of the molecule is NCCCCNC(=O)c1ccc(CNC(=O)C23CC4CC(CC(C4)C2)C3)cc1. The number of nitrogens with one attached hydrogen (secondary N) is 2. The van der Waals surface area contributed by atoms with Gasteiger partial charge in [0.25, 0.3) is 5.91 Å². The van der Waals surface area contributed by atoms with Gasteiger partial charge in [-0.05, 0) is 93.4 Å². The summed E-state index contributed by atoms with van der Waals surface area (Å²) in [6.07, 6.45) is 9.14. The summed E-state index contributed by atoms with van der Waals surface area (Å²) in [4.78, 5) is 25.2. The Morgan fingerprint density at radius 2 is 1.54 bits per heavy atom. The topological polar surface area (TPSA) is 84.2 Å². The maximum Gasteiger partial charge on any atom is 0.251 e. The lowest BCUT2D eigenvalue weighted by Crippen LogP contribution is -2.53. The van der Waals surface area contributed by atoms with E-state index >= 15 is 0 Å². The first-order valence-corrected chi connectivity index (χ1v) is 10.9. The summed E-state index contributed by atoms with van der Waals surface area (Å²) in [5.74, 6) is 2.54. The van der Waals surface area contributed by atoms with Crippen molar-refractivity contribution < 1.29 is 9.59 Å². The van der Waals surface area contributed by atoms with Crippen molar-refractivity contribution in [3.8, 4) is 0 Å². The molecule has 4 saturated carbocycles. The van der Waals surface area contributed by atoms with Crippen LogP contribution >= 0.6 is 0 Å². The second-order valence-electron chi connectivity index (χ2n) is 9.33. The second-order valence-corrected chi connectivity index (χ2v) is 9.33. The normalized spacial score (nSPS) is 30.2. The molecule has 0 saturated heterocycles. The fourth-order valence-electron chi connectivity index (χ4n) is 6.11. The maximum absolute atomic E-state index is 13.0. The van der Waals surface area contributed by atoms with Gasteiger partial charge in [0.2, 0.25) is 5.91 Å². The lowest BCUT2D eigenvalue weighted by molar-refractivity contribution is -0.146. The minimum Gasteiger partial charge on any atom is -0.352 e. The predicted octanol–water partition coefficient (Wildman–Crippen LogP) is 2.99. The molecule has 0 atom stereocenters. The molecule has 0 unspecified atom stereocenters. The van der Waals surface area contributed by atoms with Crippen LogP contribution in [-0.2, 0) is 11.3 Å². The van der Waals surface area contributed by atoms with Gasteiger partial charge in [-0.25, -0.2) is 0 Å². The third kappa shape index (κ3) is 4.09. The average Bonchev–Trinajstić information content (AvgIpc) is 2.68. The second kappa shape index (κ2) is 8.24. The van der Waals surface area contributed by atoms with Gasteiger partial charge in [0, 0.05) is 24.1 Å². The lowest BCUT2D eigenvalue weighted by Gasteiger charge is -2.55. The third-order valence-corrected chi connectivity index (χ3v) is 7.11. The fraction of sp³-hybridized carbons (Fsp3) is 0.652. The molecule has 0 aromatic heterocycles. The largest absolute Gasteiger partial charge is 0.352 e. The molecule has 4 N–H and O–H groups in total. The number of hydrogen-bond acceptors (Lipinski definition) is 3. The molecule has 0 aliphatic heterocycles. The van der Waals surface area contributed by atoms with E-state index in [1.165, 1.54) is 19.3 Å². The summed E-state index contributed by atoms with van der Waals surface area (Å²) in [6.45, 7) is 1.84. The van der Waals surface area contributed by atoms with Crippen LogP contribution in [0.25, 0.3) is 0 Å². The number of unbranched alkanes of at least 4 members (excludes halogenated alkanes) is 1. The highest BCUT2D eigenvalue weighted by Crippen LogP contribution is 2.60. The number of benzene rings is 1. The van der Waals surface area contributed by atoms with Crippen molar-refractivity contribution in [2.75, 3.05) is 13.1 Å². The number of amides is 2. The van der Waals surface area contributed by atoms with Crippen molar-refractivity contribution >= 4 is 11.8 Å². The van der Waals surface area contributed by atoms with Crippen LogP contribution in [0.15, 0.2) is 24.3 Å². The van der Waals surface area contributed by atoms with Crippen LogP contribution in [0.5, 0.6) is 0 Å². The molecule has 5 heteroatoms. The van der Waals surface area contributed by atoms with Crippen LogP contribution in [0.3, 0.4) is 0 Å². The van der Waals surface area contributed by atoms with Gasteiger partial charge in [-0.2, -0.15) is 0 Å². The van der Waals surface area contributed by atoms with Crippen molar-refractivity contribution in [3.63, 3.8) is 0 Å². The van der Waals surface area contributed by atoms with Crippen molar-refractivity contribution in [2.24, 2.45) is 28.9 Å².